The summed E-state index contributed by atoms with van der Waals surface area (Å²) in [5.41, 5.74) is 0. The largest absolute Gasteiger partial charge is 0.395 e. The number of nitrogens with zero attached hydrogens (tertiary/aromatic N) is 2. The summed E-state index contributed by atoms with van der Waals surface area (Å²) in [6, 6.07) is 0.594. The molecule has 2 fully saturated rings. The van der Waals surface area contributed by atoms with Crippen LogP contribution in [0, 0.1) is 5.92 Å². The minimum atomic E-state index is 0.267. The molecular weight excluding hydrogens is 214 g/mol. The van der Waals surface area contributed by atoms with Crippen LogP contribution in [0.3, 0.4) is 0 Å². The molecule has 0 bridgehead atoms. The Hall–Kier alpha value is -0.160. The van der Waals surface area contributed by atoms with Crippen molar-refractivity contribution >= 4 is 0 Å². The number of rotatable bonds is 5. The van der Waals surface area contributed by atoms with Crippen LogP contribution in [0.25, 0.3) is 0 Å². The summed E-state index contributed by atoms with van der Waals surface area (Å²) < 4.78 is 0. The van der Waals surface area contributed by atoms with Gasteiger partial charge in [0, 0.05) is 25.7 Å². The highest BCUT2D eigenvalue weighted by molar-refractivity contribution is 4.87. The highest BCUT2D eigenvalue weighted by atomic mass is 16.3. The van der Waals surface area contributed by atoms with Crippen LogP contribution in [0.2, 0.25) is 0 Å². The van der Waals surface area contributed by atoms with Crippen molar-refractivity contribution in [2.45, 2.75) is 25.3 Å². The van der Waals surface area contributed by atoms with E-state index in [1.165, 1.54) is 38.9 Å². The first kappa shape index (κ1) is 13.3. The standard InChI is InChI=1S/C13H27N3O/c1-15(8-9-17)13-10-14-5-4-12(13)11-16-6-2-3-7-16/h12-14,17H,2-11H2,1H3. The first-order chi connectivity index (χ1) is 8.31. The minimum Gasteiger partial charge on any atom is -0.395 e. The van der Waals surface area contributed by atoms with Gasteiger partial charge in [-0.3, -0.25) is 4.90 Å². The van der Waals surface area contributed by atoms with E-state index in [0.717, 1.165) is 25.6 Å². The van der Waals surface area contributed by atoms with E-state index < -0.39 is 0 Å². The van der Waals surface area contributed by atoms with E-state index in [4.69, 9.17) is 5.11 Å². The molecule has 2 aliphatic rings. The van der Waals surface area contributed by atoms with Crippen molar-refractivity contribution < 1.29 is 5.11 Å². The lowest BCUT2D eigenvalue weighted by Gasteiger charge is -2.39. The predicted octanol–water partition coefficient (Wildman–Crippen LogP) is -0.0156. The second-order valence-electron chi connectivity index (χ2n) is 5.53. The summed E-state index contributed by atoms with van der Waals surface area (Å²) in [6.07, 6.45) is 4.03. The molecule has 0 spiro atoms. The molecule has 2 heterocycles. The van der Waals surface area contributed by atoms with Crippen molar-refractivity contribution in [3.05, 3.63) is 0 Å². The maximum Gasteiger partial charge on any atom is 0.0558 e. The molecule has 2 N–H and O–H groups in total. The zero-order chi connectivity index (χ0) is 12.1. The quantitative estimate of drug-likeness (QED) is 0.710. The van der Waals surface area contributed by atoms with Gasteiger partial charge in [0.2, 0.25) is 0 Å². The second-order valence-corrected chi connectivity index (χ2v) is 5.53. The van der Waals surface area contributed by atoms with Gasteiger partial charge in [-0.2, -0.15) is 0 Å². The van der Waals surface area contributed by atoms with Crippen LogP contribution in [0.5, 0.6) is 0 Å². The fourth-order valence-electron chi connectivity index (χ4n) is 3.25. The fraction of sp³-hybridized carbons (Fsp3) is 1.00. The van der Waals surface area contributed by atoms with Crippen LogP contribution in [0.4, 0.5) is 0 Å². The molecule has 2 atom stereocenters. The molecule has 0 saturated carbocycles. The predicted molar refractivity (Wildman–Crippen MR) is 70.2 cm³/mol. The van der Waals surface area contributed by atoms with Gasteiger partial charge in [-0.05, 0) is 51.9 Å². The van der Waals surface area contributed by atoms with E-state index in [0.29, 0.717) is 6.04 Å². The molecule has 4 nitrogen and oxygen atoms in total. The van der Waals surface area contributed by atoms with Gasteiger partial charge in [0.25, 0.3) is 0 Å². The normalized spacial score (nSPS) is 31.2. The lowest BCUT2D eigenvalue weighted by atomic mass is 9.91. The van der Waals surface area contributed by atoms with E-state index in [2.05, 4.69) is 22.2 Å². The Morgan fingerprint density at radius 1 is 1.35 bits per heavy atom. The molecule has 0 aromatic rings. The molecule has 2 aliphatic heterocycles. The number of aliphatic hydroxyl groups excluding tert-OH is 1. The van der Waals surface area contributed by atoms with Crippen LogP contribution in [0.1, 0.15) is 19.3 Å². The molecule has 0 aromatic carbocycles. The zero-order valence-corrected chi connectivity index (χ0v) is 11.1. The summed E-state index contributed by atoms with van der Waals surface area (Å²) in [4.78, 5) is 4.95. The van der Waals surface area contributed by atoms with Crippen LogP contribution in [0.15, 0.2) is 0 Å². The van der Waals surface area contributed by atoms with Crippen LogP contribution >= 0.6 is 0 Å². The van der Waals surface area contributed by atoms with Gasteiger partial charge in [0.05, 0.1) is 6.61 Å². The van der Waals surface area contributed by atoms with Crippen molar-refractivity contribution in [2.75, 3.05) is 52.9 Å². The zero-order valence-electron chi connectivity index (χ0n) is 11.1. The van der Waals surface area contributed by atoms with Gasteiger partial charge in [-0.25, -0.2) is 0 Å². The number of hydrogen-bond acceptors (Lipinski definition) is 4. The average molecular weight is 241 g/mol. The van der Waals surface area contributed by atoms with Crippen LogP contribution in [-0.2, 0) is 0 Å². The third-order valence-corrected chi connectivity index (χ3v) is 4.30. The minimum absolute atomic E-state index is 0.267. The first-order valence-corrected chi connectivity index (χ1v) is 7.05. The molecule has 0 radical (unpaired) electrons. The van der Waals surface area contributed by atoms with E-state index in [1.807, 2.05) is 0 Å². The van der Waals surface area contributed by atoms with Crippen molar-refractivity contribution in [1.29, 1.82) is 0 Å². The number of aliphatic hydroxyl groups is 1. The lowest BCUT2D eigenvalue weighted by Crippen LogP contribution is -2.53. The smallest absolute Gasteiger partial charge is 0.0558 e. The number of likely N-dealkylation sites (tertiary alicyclic amines) is 1. The summed E-state index contributed by atoms with van der Waals surface area (Å²) in [6.45, 7) is 7.13. The number of hydrogen-bond donors (Lipinski definition) is 2. The monoisotopic (exact) mass is 241 g/mol. The summed E-state index contributed by atoms with van der Waals surface area (Å²) in [7, 11) is 2.14. The van der Waals surface area contributed by atoms with Gasteiger partial charge in [-0.15, -0.1) is 0 Å². The molecule has 17 heavy (non-hydrogen) atoms. The van der Waals surface area contributed by atoms with E-state index in [1.54, 1.807) is 0 Å². The molecule has 2 saturated heterocycles. The SMILES string of the molecule is CN(CCO)C1CNCCC1CN1CCCC1. The molecule has 0 aromatic heterocycles. The molecule has 0 amide bonds. The Morgan fingerprint density at radius 3 is 2.82 bits per heavy atom. The summed E-state index contributed by atoms with van der Waals surface area (Å²) in [5, 5.41) is 12.6. The molecule has 100 valence electrons. The van der Waals surface area contributed by atoms with Gasteiger partial charge in [0.1, 0.15) is 0 Å². The summed E-state index contributed by atoms with van der Waals surface area (Å²) >= 11 is 0. The molecule has 4 heteroatoms. The molecule has 2 unspecified atom stereocenters. The maximum atomic E-state index is 9.07. The number of piperidine rings is 1. The van der Waals surface area contributed by atoms with Gasteiger partial charge >= 0.3 is 0 Å². The van der Waals surface area contributed by atoms with Gasteiger partial charge in [-0.1, -0.05) is 0 Å². The Morgan fingerprint density at radius 2 is 2.12 bits per heavy atom. The third-order valence-electron chi connectivity index (χ3n) is 4.30. The van der Waals surface area contributed by atoms with E-state index in [-0.39, 0.29) is 6.61 Å². The fourth-order valence-corrected chi connectivity index (χ4v) is 3.25. The van der Waals surface area contributed by atoms with Gasteiger partial charge < -0.3 is 15.3 Å². The van der Waals surface area contributed by atoms with E-state index in [9.17, 15) is 0 Å². The first-order valence-electron chi connectivity index (χ1n) is 7.05. The van der Waals surface area contributed by atoms with Crippen molar-refractivity contribution in [3.63, 3.8) is 0 Å². The Bertz CT molecular complexity index is 219. The molecule has 2 rings (SSSR count). The molecular formula is C13H27N3O. The van der Waals surface area contributed by atoms with Crippen molar-refractivity contribution in [2.24, 2.45) is 5.92 Å². The highest BCUT2D eigenvalue weighted by Crippen LogP contribution is 2.20. The van der Waals surface area contributed by atoms with Crippen LogP contribution in [-0.4, -0.2) is 73.9 Å². The highest BCUT2D eigenvalue weighted by Gasteiger charge is 2.29. The Balaban J connectivity index is 1.86. The second kappa shape index (κ2) is 6.69. The van der Waals surface area contributed by atoms with E-state index >= 15 is 0 Å². The topological polar surface area (TPSA) is 38.7 Å². The van der Waals surface area contributed by atoms with Crippen molar-refractivity contribution in [1.82, 2.24) is 15.1 Å². The summed E-state index contributed by atoms with van der Waals surface area (Å²) in [5.74, 6) is 0.769. The van der Waals surface area contributed by atoms with Crippen molar-refractivity contribution in [3.8, 4) is 0 Å². The maximum absolute atomic E-state index is 9.07. The molecule has 0 aliphatic carbocycles. The van der Waals surface area contributed by atoms with Gasteiger partial charge in [0.15, 0.2) is 0 Å². The third kappa shape index (κ3) is 3.65. The van der Waals surface area contributed by atoms with Crippen LogP contribution < -0.4 is 5.32 Å². The number of nitrogens with one attached hydrogen (secondary N) is 1. The average Bonchev–Trinajstić information content (AvgIpc) is 2.83. The Kier molecular flexibility index (Phi) is 5.22. The Labute approximate surface area is 105 Å². The lowest BCUT2D eigenvalue weighted by molar-refractivity contribution is 0.0962. The number of likely N-dealkylation sites (N-methyl/N-ethyl adjacent to an activating group) is 1.